The Balaban J connectivity index is 2.07. The van der Waals surface area contributed by atoms with Crippen LogP contribution in [0.4, 0.5) is 13.2 Å². The molecule has 2 rings (SSSR count). The van der Waals surface area contributed by atoms with Gasteiger partial charge in [-0.1, -0.05) is 66.4 Å². The van der Waals surface area contributed by atoms with Gasteiger partial charge >= 0.3 is 6.18 Å². The van der Waals surface area contributed by atoms with Gasteiger partial charge in [0.2, 0.25) is 6.10 Å². The fourth-order valence-corrected chi connectivity index (χ4v) is 2.00. The first-order chi connectivity index (χ1) is 12.0. The molecule has 0 amide bonds. The molecular weight excluding hydrogens is 327 g/mol. The van der Waals surface area contributed by atoms with E-state index in [-0.39, 0.29) is 0 Å². The maximum Gasteiger partial charge on any atom is 0.416 e. The van der Waals surface area contributed by atoms with E-state index < -0.39 is 17.8 Å². The number of rotatable bonds is 5. The fraction of sp³-hybridized carbons (Fsp3) is 0.250. The van der Waals surface area contributed by atoms with Crippen molar-refractivity contribution in [3.8, 4) is 11.8 Å². The Hall–Kier alpha value is -2.74. The van der Waals surface area contributed by atoms with Crippen LogP contribution in [0.3, 0.4) is 0 Å². The van der Waals surface area contributed by atoms with Crippen LogP contribution < -0.4 is 0 Å². The zero-order valence-corrected chi connectivity index (χ0v) is 13.8. The number of benzene rings is 2. The Bertz CT molecular complexity index is 740. The third-order valence-electron chi connectivity index (χ3n) is 3.32. The van der Waals surface area contributed by atoms with Gasteiger partial charge in [0.25, 0.3) is 0 Å². The number of oxime groups is 1. The van der Waals surface area contributed by atoms with E-state index in [1.165, 1.54) is 18.3 Å². The number of halogens is 3. The fourth-order valence-electron chi connectivity index (χ4n) is 2.00. The molecule has 0 heterocycles. The summed E-state index contributed by atoms with van der Waals surface area (Å²) >= 11 is 0. The van der Waals surface area contributed by atoms with Gasteiger partial charge < -0.3 is 4.84 Å². The van der Waals surface area contributed by atoms with Crippen LogP contribution in [0.15, 0.2) is 59.8 Å². The monoisotopic (exact) mass is 345 g/mol. The van der Waals surface area contributed by atoms with Gasteiger partial charge in [-0.3, -0.25) is 0 Å². The number of unbranched alkanes of at least 4 members (excludes halogenated alkanes) is 1. The highest BCUT2D eigenvalue weighted by molar-refractivity contribution is 5.79. The highest BCUT2D eigenvalue weighted by atomic mass is 19.4. The van der Waals surface area contributed by atoms with E-state index >= 15 is 0 Å². The Morgan fingerprint density at radius 3 is 2.36 bits per heavy atom. The molecule has 0 spiro atoms. The first-order valence-corrected chi connectivity index (χ1v) is 7.90. The van der Waals surface area contributed by atoms with E-state index in [1.54, 1.807) is 0 Å². The third-order valence-corrected chi connectivity index (χ3v) is 3.32. The van der Waals surface area contributed by atoms with E-state index in [2.05, 4.69) is 17.0 Å². The van der Waals surface area contributed by atoms with E-state index in [1.807, 2.05) is 37.3 Å². The van der Waals surface area contributed by atoms with Crippen molar-refractivity contribution in [3.05, 3.63) is 71.3 Å². The average molecular weight is 345 g/mol. The zero-order valence-electron chi connectivity index (χ0n) is 13.8. The van der Waals surface area contributed by atoms with Crippen LogP contribution in [0.2, 0.25) is 0 Å². The number of hydrogen-bond acceptors (Lipinski definition) is 2. The Morgan fingerprint density at radius 2 is 1.76 bits per heavy atom. The lowest BCUT2D eigenvalue weighted by Crippen LogP contribution is -2.04. The summed E-state index contributed by atoms with van der Waals surface area (Å²) in [6.45, 7) is 2.04. The predicted molar refractivity (Wildman–Crippen MR) is 92.0 cm³/mol. The Morgan fingerprint density at radius 1 is 1.08 bits per heavy atom. The van der Waals surface area contributed by atoms with Gasteiger partial charge in [-0.15, -0.1) is 0 Å². The minimum atomic E-state index is -4.35. The first-order valence-electron chi connectivity index (χ1n) is 7.90. The second kappa shape index (κ2) is 8.93. The molecule has 0 fully saturated rings. The largest absolute Gasteiger partial charge is 0.416 e. The molecule has 1 unspecified atom stereocenters. The summed E-state index contributed by atoms with van der Waals surface area (Å²) in [6.07, 6.45) is -1.78. The lowest BCUT2D eigenvalue weighted by atomic mass is 10.1. The summed E-state index contributed by atoms with van der Waals surface area (Å²) < 4.78 is 37.6. The summed E-state index contributed by atoms with van der Waals surface area (Å²) in [7, 11) is 0. The van der Waals surface area contributed by atoms with Crippen molar-refractivity contribution >= 4 is 6.21 Å². The third kappa shape index (κ3) is 6.00. The SMILES string of the molecule is CCCC#CC(O/N=C/c1ccc(C(F)(F)F)cc1)c1ccccc1. The smallest absolute Gasteiger partial charge is 0.374 e. The summed E-state index contributed by atoms with van der Waals surface area (Å²) in [5.74, 6) is 6.05. The van der Waals surface area contributed by atoms with Crippen molar-refractivity contribution in [1.29, 1.82) is 0 Å². The van der Waals surface area contributed by atoms with Crippen LogP contribution >= 0.6 is 0 Å². The molecule has 2 nitrogen and oxygen atoms in total. The molecule has 0 bridgehead atoms. The molecule has 130 valence electrons. The molecule has 0 aromatic heterocycles. The minimum Gasteiger partial charge on any atom is -0.374 e. The number of alkyl halides is 3. The zero-order chi connectivity index (χ0) is 18.1. The molecule has 0 N–H and O–H groups in total. The highest BCUT2D eigenvalue weighted by Gasteiger charge is 2.29. The van der Waals surface area contributed by atoms with E-state index in [0.29, 0.717) is 5.56 Å². The molecule has 0 saturated heterocycles. The van der Waals surface area contributed by atoms with Gasteiger partial charge in [0.1, 0.15) is 0 Å². The molecule has 0 aliphatic heterocycles. The molecule has 2 aromatic rings. The van der Waals surface area contributed by atoms with Crippen molar-refractivity contribution in [3.63, 3.8) is 0 Å². The summed E-state index contributed by atoms with van der Waals surface area (Å²) in [4.78, 5) is 5.45. The molecule has 5 heteroatoms. The van der Waals surface area contributed by atoms with Gasteiger partial charge in [0.15, 0.2) is 0 Å². The standard InChI is InChI=1S/C20H18F3NO/c1-2-3-5-10-19(17-8-6-4-7-9-17)25-24-15-16-11-13-18(14-12-16)20(21,22)23/h4,6-9,11-15,19H,2-3H2,1H3/b24-15+. The van der Waals surface area contributed by atoms with Gasteiger partial charge in [-0.25, -0.2) is 0 Å². The van der Waals surface area contributed by atoms with E-state index in [4.69, 9.17) is 4.84 Å². The van der Waals surface area contributed by atoms with E-state index in [9.17, 15) is 13.2 Å². The summed E-state index contributed by atoms with van der Waals surface area (Å²) in [5.41, 5.74) is 0.690. The molecular formula is C20H18F3NO. The second-order valence-electron chi connectivity index (χ2n) is 5.32. The van der Waals surface area contributed by atoms with Gasteiger partial charge in [-0.2, -0.15) is 13.2 Å². The second-order valence-corrected chi connectivity index (χ2v) is 5.32. The van der Waals surface area contributed by atoms with Crippen LogP contribution in [0, 0.1) is 11.8 Å². The molecule has 0 saturated carbocycles. The minimum absolute atomic E-state index is 0.515. The van der Waals surface area contributed by atoms with Gasteiger partial charge in [0.05, 0.1) is 11.8 Å². The normalized spacial score (nSPS) is 12.5. The van der Waals surface area contributed by atoms with Crippen molar-refractivity contribution < 1.29 is 18.0 Å². The van der Waals surface area contributed by atoms with Crippen molar-refractivity contribution in [2.24, 2.45) is 5.16 Å². The molecule has 0 aliphatic rings. The van der Waals surface area contributed by atoms with Crippen molar-refractivity contribution in [1.82, 2.24) is 0 Å². The van der Waals surface area contributed by atoms with Crippen molar-refractivity contribution in [2.75, 3.05) is 0 Å². The first kappa shape index (κ1) is 18.6. The van der Waals surface area contributed by atoms with Crippen LogP contribution in [0.1, 0.15) is 42.6 Å². The Kier molecular flexibility index (Phi) is 6.64. The average Bonchev–Trinajstić information content (AvgIpc) is 2.61. The number of nitrogens with zero attached hydrogens (tertiary/aromatic N) is 1. The van der Waals surface area contributed by atoms with Crippen molar-refractivity contribution in [2.45, 2.75) is 32.0 Å². The van der Waals surface area contributed by atoms with Crippen LogP contribution in [0.5, 0.6) is 0 Å². The summed E-state index contributed by atoms with van der Waals surface area (Å²) in [6, 6.07) is 14.1. The maximum atomic E-state index is 12.5. The topological polar surface area (TPSA) is 21.6 Å². The lowest BCUT2D eigenvalue weighted by molar-refractivity contribution is -0.137. The molecule has 0 aliphatic carbocycles. The maximum absolute atomic E-state index is 12.5. The van der Waals surface area contributed by atoms with Gasteiger partial charge in [0, 0.05) is 12.0 Å². The molecule has 0 radical (unpaired) electrons. The predicted octanol–water partition coefficient (Wildman–Crippen LogP) is 5.60. The van der Waals surface area contributed by atoms with E-state index in [0.717, 1.165) is 30.5 Å². The quantitative estimate of drug-likeness (QED) is 0.393. The summed E-state index contributed by atoms with van der Waals surface area (Å²) in [5, 5.41) is 3.88. The van der Waals surface area contributed by atoms with Crippen LogP contribution in [-0.2, 0) is 11.0 Å². The number of hydrogen-bond donors (Lipinski definition) is 0. The Labute approximate surface area is 145 Å². The molecule has 25 heavy (non-hydrogen) atoms. The highest BCUT2D eigenvalue weighted by Crippen LogP contribution is 2.28. The molecule has 2 aromatic carbocycles. The van der Waals surface area contributed by atoms with Gasteiger partial charge in [-0.05, 0) is 24.1 Å². The lowest BCUT2D eigenvalue weighted by Gasteiger charge is -2.09. The van der Waals surface area contributed by atoms with Crippen LogP contribution in [-0.4, -0.2) is 6.21 Å². The molecule has 1 atom stereocenters. The van der Waals surface area contributed by atoms with Crippen LogP contribution in [0.25, 0.3) is 0 Å².